The molecule has 2 atom stereocenters. The summed E-state index contributed by atoms with van der Waals surface area (Å²) in [7, 11) is 0. The Balaban J connectivity index is 2.14. The SMILES string of the molecule is C#CCNCCN1CC(C)SC(C)C1. The summed E-state index contributed by atoms with van der Waals surface area (Å²) in [6.45, 7) is 9.86. The van der Waals surface area contributed by atoms with Crippen LogP contribution in [0.25, 0.3) is 0 Å². The summed E-state index contributed by atoms with van der Waals surface area (Å²) < 4.78 is 0. The standard InChI is InChI=1S/C11H20N2S/c1-4-5-12-6-7-13-8-10(2)14-11(3)9-13/h1,10-12H,5-9H2,2-3H3. The zero-order valence-electron chi connectivity index (χ0n) is 9.12. The smallest absolute Gasteiger partial charge is 0.0574 e. The van der Waals surface area contributed by atoms with E-state index in [0.29, 0.717) is 6.54 Å². The predicted octanol–water partition coefficient (Wildman–Crippen LogP) is 1.03. The molecule has 1 N–H and O–H groups in total. The molecular weight excluding hydrogens is 192 g/mol. The summed E-state index contributed by atoms with van der Waals surface area (Å²) in [5, 5.41) is 4.77. The lowest BCUT2D eigenvalue weighted by molar-refractivity contribution is 0.272. The van der Waals surface area contributed by atoms with Gasteiger partial charge in [0.15, 0.2) is 0 Å². The van der Waals surface area contributed by atoms with Crippen LogP contribution in [-0.4, -0.2) is 48.1 Å². The topological polar surface area (TPSA) is 15.3 Å². The minimum atomic E-state index is 0.688. The van der Waals surface area contributed by atoms with E-state index in [1.54, 1.807) is 0 Å². The third kappa shape index (κ3) is 4.36. The average molecular weight is 212 g/mol. The van der Waals surface area contributed by atoms with E-state index in [1.165, 1.54) is 13.1 Å². The molecule has 1 heterocycles. The molecule has 0 aromatic rings. The quantitative estimate of drug-likeness (QED) is 0.553. The van der Waals surface area contributed by atoms with Crippen LogP contribution in [-0.2, 0) is 0 Å². The molecular formula is C11H20N2S. The molecule has 1 fully saturated rings. The second kappa shape index (κ2) is 6.34. The van der Waals surface area contributed by atoms with Gasteiger partial charge in [0.25, 0.3) is 0 Å². The van der Waals surface area contributed by atoms with Crippen molar-refractivity contribution in [2.45, 2.75) is 24.3 Å². The molecule has 80 valence electrons. The Morgan fingerprint density at radius 2 is 2.07 bits per heavy atom. The lowest BCUT2D eigenvalue weighted by atomic mass is 10.3. The van der Waals surface area contributed by atoms with E-state index in [9.17, 15) is 0 Å². The Bertz CT molecular complexity index is 190. The van der Waals surface area contributed by atoms with Crippen LogP contribution >= 0.6 is 11.8 Å². The van der Waals surface area contributed by atoms with Crippen molar-refractivity contribution in [3.63, 3.8) is 0 Å². The summed E-state index contributed by atoms with van der Waals surface area (Å²) in [6.07, 6.45) is 5.16. The number of nitrogens with zero attached hydrogens (tertiary/aromatic N) is 1. The molecule has 3 heteroatoms. The van der Waals surface area contributed by atoms with E-state index in [1.807, 2.05) is 0 Å². The molecule has 0 aromatic carbocycles. The van der Waals surface area contributed by atoms with Crippen LogP contribution in [0, 0.1) is 12.3 Å². The number of terminal acetylenes is 1. The van der Waals surface area contributed by atoms with Gasteiger partial charge in [-0.1, -0.05) is 19.8 Å². The van der Waals surface area contributed by atoms with Crippen molar-refractivity contribution in [1.29, 1.82) is 0 Å². The highest BCUT2D eigenvalue weighted by Gasteiger charge is 2.21. The molecule has 1 aliphatic heterocycles. The van der Waals surface area contributed by atoms with E-state index in [0.717, 1.165) is 23.6 Å². The Morgan fingerprint density at radius 1 is 1.43 bits per heavy atom. The molecule has 1 saturated heterocycles. The van der Waals surface area contributed by atoms with Gasteiger partial charge in [-0.15, -0.1) is 6.42 Å². The molecule has 2 unspecified atom stereocenters. The van der Waals surface area contributed by atoms with Crippen molar-refractivity contribution in [3.05, 3.63) is 0 Å². The monoisotopic (exact) mass is 212 g/mol. The Labute approximate surface area is 91.8 Å². The lowest BCUT2D eigenvalue weighted by Gasteiger charge is -2.34. The molecule has 0 spiro atoms. The van der Waals surface area contributed by atoms with Crippen LogP contribution in [0.3, 0.4) is 0 Å². The van der Waals surface area contributed by atoms with Crippen LogP contribution in [0.1, 0.15) is 13.8 Å². The molecule has 14 heavy (non-hydrogen) atoms. The molecule has 1 aliphatic rings. The van der Waals surface area contributed by atoms with E-state index in [2.05, 4.69) is 41.7 Å². The fraction of sp³-hybridized carbons (Fsp3) is 0.818. The van der Waals surface area contributed by atoms with Gasteiger partial charge in [-0.25, -0.2) is 0 Å². The molecule has 1 rings (SSSR count). The van der Waals surface area contributed by atoms with E-state index >= 15 is 0 Å². The van der Waals surface area contributed by atoms with E-state index in [-0.39, 0.29) is 0 Å². The maximum absolute atomic E-state index is 5.16. The van der Waals surface area contributed by atoms with Crippen molar-refractivity contribution in [1.82, 2.24) is 10.2 Å². The third-order valence-corrected chi connectivity index (χ3v) is 3.55. The zero-order chi connectivity index (χ0) is 10.4. The average Bonchev–Trinajstić information content (AvgIpc) is 2.11. The summed E-state index contributed by atoms with van der Waals surface area (Å²) in [5.74, 6) is 2.59. The van der Waals surface area contributed by atoms with Gasteiger partial charge >= 0.3 is 0 Å². The number of thioether (sulfide) groups is 1. The first-order chi connectivity index (χ1) is 6.72. The van der Waals surface area contributed by atoms with Gasteiger partial charge in [-0.2, -0.15) is 11.8 Å². The highest BCUT2D eigenvalue weighted by Crippen LogP contribution is 2.23. The summed E-state index contributed by atoms with van der Waals surface area (Å²) in [6, 6.07) is 0. The number of nitrogens with one attached hydrogen (secondary N) is 1. The van der Waals surface area contributed by atoms with Crippen molar-refractivity contribution >= 4 is 11.8 Å². The third-order valence-electron chi connectivity index (χ3n) is 2.33. The second-order valence-corrected chi connectivity index (χ2v) is 5.78. The van der Waals surface area contributed by atoms with Crippen molar-refractivity contribution in [2.24, 2.45) is 0 Å². The van der Waals surface area contributed by atoms with Gasteiger partial charge in [0, 0.05) is 36.7 Å². The van der Waals surface area contributed by atoms with Gasteiger partial charge in [0.2, 0.25) is 0 Å². The summed E-state index contributed by atoms with van der Waals surface area (Å²) in [5.41, 5.74) is 0. The van der Waals surface area contributed by atoms with Gasteiger partial charge in [-0.3, -0.25) is 4.90 Å². The molecule has 0 aromatic heterocycles. The first-order valence-electron chi connectivity index (χ1n) is 5.24. The maximum atomic E-state index is 5.16. The van der Waals surface area contributed by atoms with Crippen LogP contribution in [0.5, 0.6) is 0 Å². The Kier molecular flexibility index (Phi) is 5.39. The number of rotatable bonds is 4. The maximum Gasteiger partial charge on any atom is 0.0574 e. The van der Waals surface area contributed by atoms with Crippen LogP contribution in [0.2, 0.25) is 0 Å². The van der Waals surface area contributed by atoms with Gasteiger partial charge < -0.3 is 5.32 Å². The Hall–Kier alpha value is -0.170. The molecule has 2 nitrogen and oxygen atoms in total. The Morgan fingerprint density at radius 3 is 2.64 bits per heavy atom. The molecule has 0 radical (unpaired) electrons. The molecule has 0 saturated carbocycles. The van der Waals surface area contributed by atoms with Gasteiger partial charge in [0.05, 0.1) is 6.54 Å². The summed E-state index contributed by atoms with van der Waals surface area (Å²) >= 11 is 2.09. The normalized spacial score (nSPS) is 28.6. The zero-order valence-corrected chi connectivity index (χ0v) is 9.94. The lowest BCUT2D eigenvalue weighted by Crippen LogP contribution is -2.43. The van der Waals surface area contributed by atoms with Crippen LogP contribution in [0.15, 0.2) is 0 Å². The van der Waals surface area contributed by atoms with E-state index < -0.39 is 0 Å². The van der Waals surface area contributed by atoms with Crippen molar-refractivity contribution in [2.75, 3.05) is 32.7 Å². The molecule has 0 bridgehead atoms. The second-order valence-electron chi connectivity index (χ2n) is 3.90. The fourth-order valence-electron chi connectivity index (χ4n) is 1.86. The van der Waals surface area contributed by atoms with Crippen LogP contribution in [0.4, 0.5) is 0 Å². The minimum Gasteiger partial charge on any atom is -0.305 e. The molecule has 0 amide bonds. The highest BCUT2D eigenvalue weighted by molar-refractivity contribution is 8.00. The predicted molar refractivity (Wildman–Crippen MR) is 64.7 cm³/mol. The van der Waals surface area contributed by atoms with Crippen molar-refractivity contribution < 1.29 is 0 Å². The highest BCUT2D eigenvalue weighted by atomic mass is 32.2. The first-order valence-corrected chi connectivity index (χ1v) is 6.18. The van der Waals surface area contributed by atoms with Gasteiger partial charge in [0.1, 0.15) is 0 Å². The van der Waals surface area contributed by atoms with Crippen LogP contribution < -0.4 is 5.32 Å². The number of hydrogen-bond acceptors (Lipinski definition) is 3. The number of hydrogen-bond donors (Lipinski definition) is 1. The van der Waals surface area contributed by atoms with Crippen molar-refractivity contribution in [3.8, 4) is 12.3 Å². The first kappa shape index (κ1) is 11.9. The minimum absolute atomic E-state index is 0.688. The largest absolute Gasteiger partial charge is 0.305 e. The summed E-state index contributed by atoms with van der Waals surface area (Å²) in [4.78, 5) is 2.52. The van der Waals surface area contributed by atoms with Gasteiger partial charge in [-0.05, 0) is 0 Å². The fourth-order valence-corrected chi connectivity index (χ4v) is 3.25. The molecule has 0 aliphatic carbocycles. The van der Waals surface area contributed by atoms with E-state index in [4.69, 9.17) is 6.42 Å².